The average Bonchev–Trinajstić information content (AvgIpc) is 3.03. The highest BCUT2D eigenvalue weighted by molar-refractivity contribution is 6.74. The SMILES string of the molecule is CC[Si](CC)(CC)OCC(CC1C/C(=C\C(=O)OC)[C@H](OC(=O)C2CC(C)C2)[C@](OC)(C(C)(C)C=O)O1)O[Si](CC)(CC)CC. The summed E-state index contributed by atoms with van der Waals surface area (Å²) in [5.74, 6) is -2.43. The van der Waals surface area contributed by atoms with E-state index >= 15 is 0 Å². The van der Waals surface area contributed by atoms with E-state index in [0.717, 1.165) is 55.4 Å². The monoisotopic (exact) mass is 670 g/mol. The summed E-state index contributed by atoms with van der Waals surface area (Å²) >= 11 is 0. The van der Waals surface area contributed by atoms with E-state index in [1.54, 1.807) is 13.8 Å². The molecule has 45 heavy (non-hydrogen) atoms. The quantitative estimate of drug-likeness (QED) is 0.0610. The Balaban J connectivity index is 2.59. The predicted octanol–water partition coefficient (Wildman–Crippen LogP) is 7.20. The lowest BCUT2D eigenvalue weighted by atomic mass is 9.74. The Bertz CT molecular complexity index is 985. The number of methoxy groups -OCH3 is 2. The molecule has 2 fully saturated rings. The van der Waals surface area contributed by atoms with Gasteiger partial charge in [-0.05, 0) is 80.9 Å². The van der Waals surface area contributed by atoms with Gasteiger partial charge in [0.2, 0.25) is 5.79 Å². The molecule has 11 heteroatoms. The number of hydrogen-bond acceptors (Lipinski definition) is 9. The molecule has 9 nitrogen and oxygen atoms in total. The highest BCUT2D eigenvalue weighted by Gasteiger charge is 2.60. The van der Waals surface area contributed by atoms with Crippen molar-refractivity contribution in [2.75, 3.05) is 20.8 Å². The molecule has 0 N–H and O–H groups in total. The van der Waals surface area contributed by atoms with Crippen LogP contribution in [0.5, 0.6) is 0 Å². The Morgan fingerprint density at radius 1 is 0.978 bits per heavy atom. The lowest BCUT2D eigenvalue weighted by molar-refractivity contribution is -0.337. The van der Waals surface area contributed by atoms with Gasteiger partial charge in [0.15, 0.2) is 22.7 Å². The summed E-state index contributed by atoms with van der Waals surface area (Å²) in [6, 6.07) is 6.07. The van der Waals surface area contributed by atoms with E-state index < -0.39 is 46.0 Å². The molecule has 2 unspecified atom stereocenters. The Labute approximate surface area is 274 Å². The van der Waals surface area contributed by atoms with Crippen LogP contribution in [0.4, 0.5) is 0 Å². The molecule has 0 radical (unpaired) electrons. The zero-order valence-electron chi connectivity index (χ0n) is 30.0. The van der Waals surface area contributed by atoms with Crippen LogP contribution in [-0.2, 0) is 42.2 Å². The lowest BCUT2D eigenvalue weighted by Crippen LogP contribution is -2.64. The van der Waals surface area contributed by atoms with Crippen LogP contribution in [0.25, 0.3) is 0 Å². The van der Waals surface area contributed by atoms with Crippen molar-refractivity contribution in [1.29, 1.82) is 0 Å². The van der Waals surface area contributed by atoms with Gasteiger partial charge in [-0.3, -0.25) is 4.79 Å². The number of carbonyl (C=O) groups is 3. The molecule has 1 heterocycles. The van der Waals surface area contributed by atoms with Gasteiger partial charge in [0.1, 0.15) is 6.29 Å². The van der Waals surface area contributed by atoms with Gasteiger partial charge in [0, 0.05) is 19.6 Å². The van der Waals surface area contributed by atoms with Crippen LogP contribution in [0.3, 0.4) is 0 Å². The van der Waals surface area contributed by atoms with Crippen molar-refractivity contribution in [3.05, 3.63) is 11.6 Å². The molecule has 2 aliphatic rings. The van der Waals surface area contributed by atoms with Crippen LogP contribution in [0.2, 0.25) is 36.3 Å². The van der Waals surface area contributed by atoms with Crippen molar-refractivity contribution in [3.63, 3.8) is 0 Å². The fourth-order valence-corrected chi connectivity index (χ4v) is 12.5. The second-order valence-corrected chi connectivity index (χ2v) is 23.3. The molecule has 0 aromatic heterocycles. The summed E-state index contributed by atoms with van der Waals surface area (Å²) in [5, 5.41) is 0. The molecule has 1 aliphatic heterocycles. The minimum atomic E-state index is -2.05. The summed E-state index contributed by atoms with van der Waals surface area (Å²) in [4.78, 5) is 38.7. The Hall–Kier alpha value is -1.38. The number of hydrogen-bond donors (Lipinski definition) is 0. The smallest absolute Gasteiger partial charge is 0.330 e. The van der Waals surface area contributed by atoms with Gasteiger partial charge in [0.05, 0.1) is 37.3 Å². The molecular formula is C34H62O9Si2. The molecule has 0 aromatic rings. The van der Waals surface area contributed by atoms with E-state index in [9.17, 15) is 14.4 Å². The number of carbonyl (C=O) groups excluding carboxylic acids is 3. The van der Waals surface area contributed by atoms with Gasteiger partial charge in [-0.15, -0.1) is 0 Å². The number of ether oxygens (including phenoxy) is 4. The van der Waals surface area contributed by atoms with Crippen molar-refractivity contribution in [2.45, 2.75) is 148 Å². The molecule has 0 spiro atoms. The third kappa shape index (κ3) is 9.16. The van der Waals surface area contributed by atoms with Crippen LogP contribution < -0.4 is 0 Å². The zero-order valence-corrected chi connectivity index (χ0v) is 32.0. The summed E-state index contributed by atoms with van der Waals surface area (Å²) in [7, 11) is -1.19. The Kier molecular flexibility index (Phi) is 15.2. The van der Waals surface area contributed by atoms with E-state index in [1.807, 2.05) is 0 Å². The Morgan fingerprint density at radius 2 is 1.53 bits per heavy atom. The average molecular weight is 671 g/mol. The standard InChI is InChI=1S/C34H62O9Si2/c1-12-44(13-2,14-3)40-23-29(43-45(15-4,16-5)17-6)22-28-20-26(21-30(36)38-10)31(41-32(37)27-18-25(7)19-27)34(39-11,42-28)33(8,9)24-35/h21,24-25,27-29,31H,12-20,22-23H2,1-11H3/b26-21+/t25?,27?,28?,29?,31-,34+/m0/s1. The van der Waals surface area contributed by atoms with Gasteiger partial charge < -0.3 is 32.6 Å². The van der Waals surface area contributed by atoms with Gasteiger partial charge in [0.25, 0.3) is 0 Å². The largest absolute Gasteiger partial charge is 0.466 e. The van der Waals surface area contributed by atoms with Crippen LogP contribution in [0, 0.1) is 17.3 Å². The summed E-state index contributed by atoms with van der Waals surface area (Å²) in [6.45, 7) is 19.2. The second-order valence-electron chi connectivity index (χ2n) is 13.8. The molecule has 0 amide bonds. The van der Waals surface area contributed by atoms with E-state index in [1.165, 1.54) is 20.3 Å². The molecule has 4 atom stereocenters. The van der Waals surface area contributed by atoms with Crippen LogP contribution in [-0.4, -0.2) is 79.8 Å². The summed E-state index contributed by atoms with van der Waals surface area (Å²) < 4.78 is 38.0. The third-order valence-corrected chi connectivity index (χ3v) is 20.2. The lowest BCUT2D eigenvalue weighted by Gasteiger charge is -2.52. The van der Waals surface area contributed by atoms with Crippen molar-refractivity contribution in [2.24, 2.45) is 17.3 Å². The second kappa shape index (κ2) is 17.1. The molecule has 1 saturated carbocycles. The number of aldehydes is 1. The maximum atomic E-state index is 13.3. The topological polar surface area (TPSA) is 107 Å². The van der Waals surface area contributed by atoms with Crippen molar-refractivity contribution in [3.8, 4) is 0 Å². The number of esters is 2. The first-order valence-corrected chi connectivity index (χ1v) is 22.3. The third-order valence-electron chi connectivity index (χ3n) is 10.8. The maximum Gasteiger partial charge on any atom is 0.330 e. The van der Waals surface area contributed by atoms with Crippen LogP contribution >= 0.6 is 0 Å². The van der Waals surface area contributed by atoms with E-state index in [4.69, 9.17) is 27.8 Å². The van der Waals surface area contributed by atoms with Gasteiger partial charge >= 0.3 is 11.9 Å². The van der Waals surface area contributed by atoms with Gasteiger partial charge in [-0.2, -0.15) is 0 Å². The highest BCUT2D eigenvalue weighted by Crippen LogP contribution is 2.48. The molecular weight excluding hydrogens is 609 g/mol. The molecule has 1 saturated heterocycles. The summed E-state index contributed by atoms with van der Waals surface area (Å²) in [6.07, 6.45) is 2.48. The normalized spacial score (nSPS) is 27.5. The Morgan fingerprint density at radius 3 is 1.98 bits per heavy atom. The van der Waals surface area contributed by atoms with Gasteiger partial charge in [-0.25, -0.2) is 4.79 Å². The van der Waals surface area contributed by atoms with E-state index in [-0.39, 0.29) is 24.4 Å². The van der Waals surface area contributed by atoms with Gasteiger partial charge in [-0.1, -0.05) is 48.5 Å². The molecule has 260 valence electrons. The zero-order chi connectivity index (χ0) is 34.1. The molecule has 2 rings (SSSR count). The predicted molar refractivity (Wildman–Crippen MR) is 181 cm³/mol. The fraction of sp³-hybridized carbons (Fsp3) is 0.853. The molecule has 1 aliphatic carbocycles. The van der Waals surface area contributed by atoms with Crippen LogP contribution in [0.15, 0.2) is 11.6 Å². The maximum absolute atomic E-state index is 13.3. The highest BCUT2D eigenvalue weighted by atomic mass is 28.4. The minimum absolute atomic E-state index is 0.240. The molecule has 0 aromatic carbocycles. The van der Waals surface area contributed by atoms with Crippen molar-refractivity contribution in [1.82, 2.24) is 0 Å². The first-order chi connectivity index (χ1) is 21.2. The van der Waals surface area contributed by atoms with E-state index in [2.05, 4.69) is 48.5 Å². The first kappa shape index (κ1) is 39.8. The van der Waals surface area contributed by atoms with Crippen molar-refractivity contribution < 1.29 is 42.2 Å². The van der Waals surface area contributed by atoms with E-state index in [0.29, 0.717) is 24.5 Å². The first-order valence-electron chi connectivity index (χ1n) is 17.2. The molecule has 0 bridgehead atoms. The van der Waals surface area contributed by atoms with Crippen molar-refractivity contribution >= 4 is 34.9 Å². The number of rotatable bonds is 19. The minimum Gasteiger partial charge on any atom is -0.466 e. The van der Waals surface area contributed by atoms with Crippen LogP contribution in [0.1, 0.15) is 88.0 Å². The summed E-state index contributed by atoms with van der Waals surface area (Å²) in [5.41, 5.74) is -0.747. The fourth-order valence-electron chi connectivity index (χ4n) is 7.01.